The van der Waals surface area contributed by atoms with Crippen LogP contribution in [-0.2, 0) is 17.4 Å². The van der Waals surface area contributed by atoms with Gasteiger partial charge in [-0.05, 0) is 23.8 Å². The number of nitrogens with zero attached hydrogens (tertiary/aromatic N) is 3. The topological polar surface area (TPSA) is 105 Å². The predicted molar refractivity (Wildman–Crippen MR) is 127 cm³/mol. The molecule has 36 heavy (non-hydrogen) atoms. The molecule has 4 aromatic rings. The Labute approximate surface area is 211 Å². The molecule has 0 aliphatic carbocycles. The van der Waals surface area contributed by atoms with Gasteiger partial charge in [-0.2, -0.15) is 13.2 Å². The second-order valence-corrected chi connectivity index (χ2v) is 8.40. The van der Waals surface area contributed by atoms with Crippen molar-refractivity contribution in [3.63, 3.8) is 0 Å². The number of hydrogen-bond acceptors (Lipinski definition) is 5. The van der Waals surface area contributed by atoms with Crippen LogP contribution in [-0.4, -0.2) is 38.0 Å². The van der Waals surface area contributed by atoms with Gasteiger partial charge in [-0.1, -0.05) is 47.5 Å². The molecule has 1 amide bonds. The quantitative estimate of drug-likeness (QED) is 0.341. The van der Waals surface area contributed by atoms with Crippen LogP contribution in [0.3, 0.4) is 0 Å². The number of halogens is 5. The van der Waals surface area contributed by atoms with E-state index in [0.717, 1.165) is 12.4 Å². The summed E-state index contributed by atoms with van der Waals surface area (Å²) < 4.78 is 40.7. The number of carbonyl (C=O) groups is 2. The van der Waals surface area contributed by atoms with Crippen LogP contribution in [0.1, 0.15) is 21.6 Å². The molecule has 0 radical (unpaired) electrons. The fourth-order valence-electron chi connectivity index (χ4n) is 3.71. The molecule has 184 valence electrons. The Hall–Kier alpha value is -3.76. The smallest absolute Gasteiger partial charge is 0.435 e. The number of pyridine rings is 1. The highest BCUT2D eigenvalue weighted by Gasteiger charge is 2.37. The van der Waals surface area contributed by atoms with Gasteiger partial charge in [0.1, 0.15) is 11.7 Å². The number of alkyl halides is 3. The molecule has 0 aliphatic heterocycles. The van der Waals surface area contributed by atoms with Gasteiger partial charge in [0.05, 0.1) is 21.1 Å². The lowest BCUT2D eigenvalue weighted by molar-refractivity contribution is -0.141. The van der Waals surface area contributed by atoms with E-state index in [4.69, 9.17) is 23.2 Å². The number of aliphatic carboxylic acids is 1. The largest absolute Gasteiger partial charge is 0.480 e. The van der Waals surface area contributed by atoms with Gasteiger partial charge >= 0.3 is 12.1 Å². The molecule has 1 atom stereocenters. The molecule has 0 spiro atoms. The maximum Gasteiger partial charge on any atom is 0.435 e. The van der Waals surface area contributed by atoms with Crippen molar-refractivity contribution in [1.29, 1.82) is 0 Å². The second-order valence-electron chi connectivity index (χ2n) is 7.59. The number of carbonyl (C=O) groups excluding carboxylic acids is 1. The summed E-state index contributed by atoms with van der Waals surface area (Å²) in [5.41, 5.74) is -0.857. The van der Waals surface area contributed by atoms with E-state index in [0.29, 0.717) is 10.9 Å². The summed E-state index contributed by atoms with van der Waals surface area (Å²) in [5.74, 6) is -2.13. The first-order chi connectivity index (χ1) is 17.1. The summed E-state index contributed by atoms with van der Waals surface area (Å²) >= 11 is 12.1. The third kappa shape index (κ3) is 5.09. The molecular weight excluding hydrogens is 520 g/mol. The van der Waals surface area contributed by atoms with Crippen LogP contribution >= 0.6 is 23.2 Å². The number of nitrogens with one attached hydrogen (secondary N) is 1. The Bertz CT molecular complexity index is 1460. The third-order valence-corrected chi connectivity index (χ3v) is 5.92. The van der Waals surface area contributed by atoms with Crippen molar-refractivity contribution in [3.05, 3.63) is 87.9 Å². The summed E-state index contributed by atoms with van der Waals surface area (Å²) in [5, 5.41) is 12.6. The van der Waals surface area contributed by atoms with E-state index in [-0.39, 0.29) is 38.8 Å². The molecule has 0 saturated carbocycles. The molecule has 0 saturated heterocycles. The first kappa shape index (κ1) is 25.3. The zero-order valence-electron chi connectivity index (χ0n) is 18.1. The molecule has 2 aromatic carbocycles. The SMILES string of the molecule is O=C(NC(Cc1ccc(-c2nccnc2C(F)(F)F)c2cccnc12)C(=O)O)c1c(Cl)cccc1Cl. The Kier molecular flexibility index (Phi) is 7.09. The molecule has 4 rings (SSSR count). The van der Waals surface area contributed by atoms with Crippen LogP contribution in [0.15, 0.2) is 61.1 Å². The zero-order chi connectivity index (χ0) is 26.0. The van der Waals surface area contributed by atoms with Gasteiger partial charge in [0.15, 0.2) is 5.69 Å². The number of rotatable bonds is 6. The van der Waals surface area contributed by atoms with E-state index in [1.807, 2.05) is 0 Å². The number of carboxylic acid groups (broad SMARTS) is 1. The highest BCUT2D eigenvalue weighted by molar-refractivity contribution is 6.39. The zero-order valence-corrected chi connectivity index (χ0v) is 19.6. The fourth-order valence-corrected chi connectivity index (χ4v) is 4.28. The standard InChI is InChI=1S/C24H15Cl2F3N4O3/c25-15-4-1-5-16(26)18(15)22(34)33-17(23(35)36)11-12-6-7-14(13-3-2-8-30-19(12)13)20-21(24(27,28)29)32-10-9-31-20/h1-10,17H,11H2,(H,33,34)(H,35,36). The number of carboxylic acids is 1. The minimum atomic E-state index is -4.74. The minimum absolute atomic E-state index is 0.0463. The molecule has 12 heteroatoms. The van der Waals surface area contributed by atoms with Gasteiger partial charge in [-0.3, -0.25) is 14.8 Å². The van der Waals surface area contributed by atoms with Crippen LogP contribution in [0.2, 0.25) is 10.0 Å². The van der Waals surface area contributed by atoms with Crippen molar-refractivity contribution >= 4 is 46.0 Å². The van der Waals surface area contributed by atoms with Gasteiger partial charge in [-0.15, -0.1) is 0 Å². The maximum absolute atomic E-state index is 13.6. The van der Waals surface area contributed by atoms with E-state index in [1.54, 1.807) is 6.07 Å². The lowest BCUT2D eigenvalue weighted by Gasteiger charge is -2.18. The number of benzene rings is 2. The van der Waals surface area contributed by atoms with Crippen molar-refractivity contribution < 1.29 is 27.9 Å². The fraction of sp³-hybridized carbons (Fsp3) is 0.125. The Morgan fingerprint density at radius 2 is 1.64 bits per heavy atom. The molecule has 2 heterocycles. The lowest BCUT2D eigenvalue weighted by atomic mass is 9.96. The number of aromatic nitrogens is 3. The molecule has 7 nitrogen and oxygen atoms in total. The number of fused-ring (bicyclic) bond motifs is 1. The summed E-state index contributed by atoms with van der Waals surface area (Å²) in [7, 11) is 0. The van der Waals surface area contributed by atoms with Crippen molar-refractivity contribution in [2.75, 3.05) is 0 Å². The van der Waals surface area contributed by atoms with Crippen LogP contribution in [0.4, 0.5) is 13.2 Å². The van der Waals surface area contributed by atoms with Crippen molar-refractivity contribution in [2.24, 2.45) is 0 Å². The summed E-state index contributed by atoms with van der Waals surface area (Å²) in [4.78, 5) is 36.3. The second kappa shape index (κ2) is 10.1. The Balaban J connectivity index is 1.73. The summed E-state index contributed by atoms with van der Waals surface area (Å²) in [6.07, 6.45) is -1.43. The van der Waals surface area contributed by atoms with Gasteiger partial charge in [0.2, 0.25) is 0 Å². The van der Waals surface area contributed by atoms with Crippen LogP contribution < -0.4 is 5.32 Å². The van der Waals surface area contributed by atoms with Crippen molar-refractivity contribution in [1.82, 2.24) is 20.3 Å². The van der Waals surface area contributed by atoms with Crippen molar-refractivity contribution in [2.45, 2.75) is 18.6 Å². The maximum atomic E-state index is 13.6. The van der Waals surface area contributed by atoms with Crippen LogP contribution in [0.25, 0.3) is 22.2 Å². The highest BCUT2D eigenvalue weighted by atomic mass is 35.5. The molecule has 0 aliphatic rings. The normalized spacial score (nSPS) is 12.4. The third-order valence-electron chi connectivity index (χ3n) is 5.29. The molecule has 2 aromatic heterocycles. The minimum Gasteiger partial charge on any atom is -0.480 e. The lowest BCUT2D eigenvalue weighted by Crippen LogP contribution is -2.42. The number of amides is 1. The first-order valence-electron chi connectivity index (χ1n) is 10.3. The average molecular weight is 535 g/mol. The van der Waals surface area contributed by atoms with Gasteiger partial charge < -0.3 is 10.4 Å². The Morgan fingerprint density at radius 3 is 2.31 bits per heavy atom. The molecule has 0 bridgehead atoms. The summed E-state index contributed by atoms with van der Waals surface area (Å²) in [6.45, 7) is 0. The first-order valence-corrected chi connectivity index (χ1v) is 11.1. The summed E-state index contributed by atoms with van der Waals surface area (Å²) in [6, 6.07) is 8.93. The monoisotopic (exact) mass is 534 g/mol. The van der Waals surface area contributed by atoms with E-state index in [1.165, 1.54) is 42.6 Å². The predicted octanol–water partition coefficient (Wildman–Crippen LogP) is 5.44. The average Bonchev–Trinajstić information content (AvgIpc) is 2.83. The molecular formula is C24H15Cl2F3N4O3. The van der Waals surface area contributed by atoms with E-state index >= 15 is 0 Å². The molecule has 0 fully saturated rings. The van der Waals surface area contributed by atoms with E-state index in [2.05, 4.69) is 20.3 Å². The van der Waals surface area contributed by atoms with E-state index in [9.17, 15) is 27.9 Å². The van der Waals surface area contributed by atoms with Crippen LogP contribution in [0.5, 0.6) is 0 Å². The van der Waals surface area contributed by atoms with Crippen LogP contribution in [0, 0.1) is 0 Å². The highest BCUT2D eigenvalue weighted by Crippen LogP contribution is 2.37. The van der Waals surface area contributed by atoms with Gasteiger partial charge in [0, 0.05) is 36.0 Å². The van der Waals surface area contributed by atoms with Gasteiger partial charge in [0.25, 0.3) is 5.91 Å². The molecule has 2 N–H and O–H groups in total. The van der Waals surface area contributed by atoms with Gasteiger partial charge in [-0.25, -0.2) is 9.78 Å². The Morgan fingerprint density at radius 1 is 0.944 bits per heavy atom. The molecule has 1 unspecified atom stereocenters. The van der Waals surface area contributed by atoms with E-state index < -0.39 is 29.8 Å². The van der Waals surface area contributed by atoms with Crippen molar-refractivity contribution in [3.8, 4) is 11.3 Å². The number of hydrogen-bond donors (Lipinski definition) is 2.